The summed E-state index contributed by atoms with van der Waals surface area (Å²) in [5.41, 5.74) is 1.41. The van der Waals surface area contributed by atoms with Crippen LogP contribution in [0.5, 0.6) is 0 Å². The van der Waals surface area contributed by atoms with Gasteiger partial charge in [0, 0.05) is 11.1 Å². The lowest BCUT2D eigenvalue weighted by molar-refractivity contribution is -0.119. The van der Waals surface area contributed by atoms with Crippen LogP contribution in [-0.2, 0) is 9.53 Å². The van der Waals surface area contributed by atoms with E-state index >= 15 is 0 Å². The number of amides is 1. The Labute approximate surface area is 161 Å². The summed E-state index contributed by atoms with van der Waals surface area (Å²) in [4.78, 5) is 37.2. The van der Waals surface area contributed by atoms with Crippen LogP contribution in [0.3, 0.4) is 0 Å². The summed E-state index contributed by atoms with van der Waals surface area (Å²) in [6, 6.07) is 13.7. The molecule has 144 valence electrons. The molecule has 3 rings (SSSR count). The summed E-state index contributed by atoms with van der Waals surface area (Å²) in [5, 5.41) is 7.60. The fourth-order valence-electron chi connectivity index (χ4n) is 2.74. The smallest absolute Gasteiger partial charge is 0.359 e. The topological polar surface area (TPSA) is 90.3 Å². The lowest BCUT2D eigenvalue weighted by Crippen LogP contribution is -2.28. The molecule has 0 saturated carbocycles. The van der Waals surface area contributed by atoms with Crippen molar-refractivity contribution in [1.29, 1.82) is 0 Å². The molecular weight excluding hydrogens is 358 g/mol. The van der Waals surface area contributed by atoms with Crippen molar-refractivity contribution in [3.05, 3.63) is 70.1 Å². The van der Waals surface area contributed by atoms with Gasteiger partial charge in [-0.05, 0) is 39.0 Å². The molecule has 0 radical (unpaired) electrons. The predicted octanol–water partition coefficient (Wildman–Crippen LogP) is 3.08. The fraction of sp³-hybridized carbons (Fsp3) is 0.238. The van der Waals surface area contributed by atoms with Gasteiger partial charge in [0.15, 0.2) is 12.3 Å². The number of fused-ring (bicyclic) bond motifs is 1. The van der Waals surface area contributed by atoms with Crippen LogP contribution in [-0.4, -0.2) is 28.3 Å². The third-order valence-corrected chi connectivity index (χ3v) is 4.18. The SMILES string of the molecule is Cc1ccc(NC(=O)COC(=O)c2nn(C(C)C)c(=O)c3ccccc23)cc1. The molecule has 7 heteroatoms. The van der Waals surface area contributed by atoms with Crippen LogP contribution in [0.4, 0.5) is 5.69 Å². The van der Waals surface area contributed by atoms with Crippen molar-refractivity contribution < 1.29 is 14.3 Å². The molecule has 1 N–H and O–H groups in total. The Hall–Kier alpha value is -3.48. The number of nitrogens with zero attached hydrogens (tertiary/aromatic N) is 2. The molecule has 2 aromatic carbocycles. The van der Waals surface area contributed by atoms with Gasteiger partial charge in [0.1, 0.15) is 0 Å². The molecule has 0 aliphatic carbocycles. The average molecular weight is 379 g/mol. The molecule has 0 unspecified atom stereocenters. The third kappa shape index (κ3) is 4.09. The number of anilines is 1. The minimum atomic E-state index is -0.760. The fourth-order valence-corrected chi connectivity index (χ4v) is 2.74. The number of aryl methyl sites for hydroxylation is 1. The molecule has 1 heterocycles. The van der Waals surface area contributed by atoms with Crippen LogP contribution in [0.25, 0.3) is 10.8 Å². The van der Waals surface area contributed by atoms with E-state index in [2.05, 4.69) is 10.4 Å². The first-order valence-electron chi connectivity index (χ1n) is 8.92. The molecule has 0 aliphatic rings. The molecule has 1 amide bonds. The van der Waals surface area contributed by atoms with Crippen LogP contribution in [0.1, 0.15) is 35.9 Å². The second kappa shape index (κ2) is 8.04. The highest BCUT2D eigenvalue weighted by Gasteiger charge is 2.19. The normalized spacial score (nSPS) is 10.9. The molecule has 3 aromatic rings. The molecule has 0 spiro atoms. The number of aromatic nitrogens is 2. The molecule has 0 fully saturated rings. The van der Waals surface area contributed by atoms with Gasteiger partial charge in [-0.15, -0.1) is 0 Å². The van der Waals surface area contributed by atoms with E-state index in [4.69, 9.17) is 4.74 Å². The lowest BCUT2D eigenvalue weighted by Gasteiger charge is -2.13. The maximum Gasteiger partial charge on any atom is 0.359 e. The van der Waals surface area contributed by atoms with Crippen molar-refractivity contribution in [1.82, 2.24) is 9.78 Å². The third-order valence-electron chi connectivity index (χ3n) is 4.18. The quantitative estimate of drug-likeness (QED) is 0.688. The van der Waals surface area contributed by atoms with Gasteiger partial charge in [0.05, 0.1) is 11.4 Å². The number of benzene rings is 2. The summed E-state index contributed by atoms with van der Waals surface area (Å²) in [7, 11) is 0. The standard InChI is InChI=1S/C21H21N3O4/c1-13(2)24-20(26)17-7-5-4-6-16(17)19(23-24)21(27)28-12-18(25)22-15-10-8-14(3)9-11-15/h4-11,13H,12H2,1-3H3,(H,22,25). The van der Waals surface area contributed by atoms with E-state index in [1.165, 1.54) is 4.68 Å². The zero-order valence-electron chi connectivity index (χ0n) is 15.9. The first kappa shape index (κ1) is 19.3. The van der Waals surface area contributed by atoms with Gasteiger partial charge in [-0.3, -0.25) is 9.59 Å². The van der Waals surface area contributed by atoms with Gasteiger partial charge in [0.2, 0.25) is 0 Å². The van der Waals surface area contributed by atoms with E-state index in [0.717, 1.165) is 5.56 Å². The molecule has 0 aliphatic heterocycles. The molecule has 1 aromatic heterocycles. The Balaban J connectivity index is 1.79. The van der Waals surface area contributed by atoms with Gasteiger partial charge in [-0.1, -0.05) is 35.9 Å². The Morgan fingerprint density at radius 3 is 2.36 bits per heavy atom. The highest BCUT2D eigenvalue weighted by molar-refractivity contribution is 6.03. The van der Waals surface area contributed by atoms with E-state index < -0.39 is 18.5 Å². The molecule has 0 atom stereocenters. The van der Waals surface area contributed by atoms with Gasteiger partial charge in [0.25, 0.3) is 11.5 Å². The predicted molar refractivity (Wildman–Crippen MR) is 106 cm³/mol. The summed E-state index contributed by atoms with van der Waals surface area (Å²) in [6.45, 7) is 5.09. The number of rotatable bonds is 5. The number of hydrogen-bond donors (Lipinski definition) is 1. The van der Waals surface area contributed by atoms with E-state index in [-0.39, 0.29) is 17.3 Å². The number of ether oxygens (including phenoxy) is 1. The Morgan fingerprint density at radius 2 is 1.71 bits per heavy atom. The molecule has 7 nitrogen and oxygen atoms in total. The largest absolute Gasteiger partial charge is 0.451 e. The molecule has 0 bridgehead atoms. The van der Waals surface area contributed by atoms with E-state index in [9.17, 15) is 14.4 Å². The molecule has 0 saturated heterocycles. The number of esters is 1. The van der Waals surface area contributed by atoms with Gasteiger partial charge >= 0.3 is 5.97 Å². The molecular formula is C21H21N3O4. The maximum absolute atomic E-state index is 12.6. The van der Waals surface area contributed by atoms with Crippen molar-refractivity contribution in [3.63, 3.8) is 0 Å². The summed E-state index contributed by atoms with van der Waals surface area (Å²) in [5.74, 6) is -1.22. The van der Waals surface area contributed by atoms with Crippen LogP contribution >= 0.6 is 0 Å². The van der Waals surface area contributed by atoms with Crippen LogP contribution < -0.4 is 10.9 Å². The van der Waals surface area contributed by atoms with E-state index in [1.54, 1.807) is 50.2 Å². The van der Waals surface area contributed by atoms with Gasteiger partial charge in [-0.25, -0.2) is 9.48 Å². The Bertz CT molecular complexity index is 1080. The van der Waals surface area contributed by atoms with Gasteiger partial charge in [-0.2, -0.15) is 5.10 Å². The average Bonchev–Trinajstić information content (AvgIpc) is 2.68. The highest BCUT2D eigenvalue weighted by atomic mass is 16.5. The van der Waals surface area contributed by atoms with Crippen LogP contribution in [0, 0.1) is 6.92 Å². The highest BCUT2D eigenvalue weighted by Crippen LogP contribution is 2.16. The zero-order valence-corrected chi connectivity index (χ0v) is 15.9. The van der Waals surface area contributed by atoms with Crippen molar-refractivity contribution in [2.45, 2.75) is 26.8 Å². The first-order chi connectivity index (χ1) is 13.4. The monoisotopic (exact) mass is 379 g/mol. The zero-order chi connectivity index (χ0) is 20.3. The Morgan fingerprint density at radius 1 is 1.07 bits per heavy atom. The number of hydrogen-bond acceptors (Lipinski definition) is 5. The summed E-state index contributed by atoms with van der Waals surface area (Å²) >= 11 is 0. The lowest BCUT2D eigenvalue weighted by atomic mass is 10.1. The van der Waals surface area contributed by atoms with Crippen molar-refractivity contribution in [2.75, 3.05) is 11.9 Å². The van der Waals surface area contributed by atoms with Crippen LogP contribution in [0.15, 0.2) is 53.3 Å². The number of carbonyl (C=O) groups excluding carboxylic acids is 2. The summed E-state index contributed by atoms with van der Waals surface area (Å²) in [6.07, 6.45) is 0. The number of nitrogens with one attached hydrogen (secondary N) is 1. The van der Waals surface area contributed by atoms with E-state index in [0.29, 0.717) is 16.5 Å². The van der Waals surface area contributed by atoms with Crippen LogP contribution in [0.2, 0.25) is 0 Å². The second-order valence-electron chi connectivity index (χ2n) is 6.73. The first-order valence-corrected chi connectivity index (χ1v) is 8.92. The van der Waals surface area contributed by atoms with Crippen molar-refractivity contribution >= 4 is 28.3 Å². The minimum absolute atomic E-state index is 0.00651. The minimum Gasteiger partial charge on any atom is -0.451 e. The maximum atomic E-state index is 12.6. The van der Waals surface area contributed by atoms with Gasteiger partial charge < -0.3 is 10.1 Å². The van der Waals surface area contributed by atoms with E-state index in [1.807, 2.05) is 19.1 Å². The summed E-state index contributed by atoms with van der Waals surface area (Å²) < 4.78 is 6.38. The molecule has 28 heavy (non-hydrogen) atoms. The van der Waals surface area contributed by atoms with Crippen molar-refractivity contribution in [3.8, 4) is 0 Å². The Kier molecular flexibility index (Phi) is 5.54. The number of carbonyl (C=O) groups is 2. The van der Waals surface area contributed by atoms with Crippen molar-refractivity contribution in [2.24, 2.45) is 0 Å². The second-order valence-corrected chi connectivity index (χ2v) is 6.73.